The Morgan fingerprint density at radius 1 is 0.613 bits per heavy atom. The van der Waals surface area contributed by atoms with E-state index in [-0.39, 0.29) is 69.2 Å². The first-order chi connectivity index (χ1) is 37.0. The number of carbonyl (C=O) groups excluding carboxylic acids is 6. The number of ether oxygens (including phenoxy) is 2. The zero-order valence-electron chi connectivity index (χ0n) is 47.0. The van der Waals surface area contributed by atoms with Crippen molar-refractivity contribution >= 4 is 99.5 Å². The fraction of sp³-hybridized carbons (Fsp3) is 0.552. The number of hydrogen-bond acceptors (Lipinski definition) is 14. The lowest BCUT2D eigenvalue weighted by atomic mass is 9.51. The molecule has 4 spiro atoms. The average molecular weight is 1210 g/mol. The second kappa shape index (κ2) is 17.4. The number of halogens is 1. The Bertz CT molecular complexity index is 3360. The summed E-state index contributed by atoms with van der Waals surface area (Å²) in [6.45, 7) is 23.7. The van der Waals surface area contributed by atoms with Crippen LogP contribution in [-0.2, 0) is 38.1 Å². The molecule has 0 aromatic heterocycles. The average Bonchev–Trinajstić information content (AvgIpc) is 4.24. The highest BCUT2D eigenvalue weighted by Gasteiger charge is 2.74. The summed E-state index contributed by atoms with van der Waals surface area (Å²) in [5, 5.41) is 30.0. The Hall–Kier alpha value is -6.27. The van der Waals surface area contributed by atoms with Gasteiger partial charge in [0.05, 0.1) is 46.8 Å². The number of rotatable bonds is 4. The summed E-state index contributed by atoms with van der Waals surface area (Å²) in [4.78, 5) is 106. The first-order valence-corrected chi connectivity index (χ1v) is 28.4. The lowest BCUT2D eigenvalue weighted by Gasteiger charge is -2.62. The van der Waals surface area contributed by atoms with Gasteiger partial charge in [-0.2, -0.15) is 0 Å². The maximum absolute atomic E-state index is 13.9. The van der Waals surface area contributed by atoms with Gasteiger partial charge in [-0.1, -0.05) is 33.8 Å². The van der Waals surface area contributed by atoms with E-state index in [4.69, 9.17) is 18.8 Å². The number of piperidine rings is 4. The Labute approximate surface area is 477 Å². The number of ketones is 2. The van der Waals surface area contributed by atoms with Crippen LogP contribution in [0.15, 0.2) is 52.1 Å². The van der Waals surface area contributed by atoms with Gasteiger partial charge in [0.25, 0.3) is 23.2 Å². The molecule has 11 heterocycles. The van der Waals surface area contributed by atoms with Gasteiger partial charge in [0.15, 0.2) is 11.6 Å². The smallest absolute Gasteiger partial charge is 0.483 e. The van der Waals surface area contributed by atoms with Gasteiger partial charge in [0.1, 0.15) is 44.9 Å². The minimum Gasteiger partial charge on any atom is -0.483 e. The highest BCUT2D eigenvalue weighted by molar-refractivity contribution is 14.1. The van der Waals surface area contributed by atoms with E-state index in [1.807, 2.05) is 97.9 Å². The van der Waals surface area contributed by atoms with E-state index >= 15 is 0 Å². The highest BCUT2D eigenvalue weighted by Crippen LogP contribution is 2.61. The number of allylic oxidation sites excluding steroid dienone is 2. The van der Waals surface area contributed by atoms with Crippen molar-refractivity contribution in [2.45, 2.75) is 166 Å². The topological polar surface area (TPSA) is 256 Å². The van der Waals surface area contributed by atoms with E-state index < -0.39 is 78.3 Å². The quantitative estimate of drug-likeness (QED) is 0.132. The zero-order valence-corrected chi connectivity index (χ0v) is 49.2. The fourth-order valence-electron chi connectivity index (χ4n) is 14.5. The molecule has 4 amide bonds. The Kier molecular flexibility index (Phi) is 12.1. The van der Waals surface area contributed by atoms with Gasteiger partial charge in [-0.3, -0.25) is 49.0 Å². The molecule has 11 aliphatic heterocycles. The van der Waals surface area contributed by atoms with Crippen LogP contribution in [0, 0.1) is 42.9 Å². The van der Waals surface area contributed by atoms with Gasteiger partial charge in [0, 0.05) is 41.3 Å². The molecule has 0 saturated carbocycles. The summed E-state index contributed by atoms with van der Waals surface area (Å²) in [5.74, 6) is -0.432. The molecule has 22 heteroatoms. The Morgan fingerprint density at radius 3 is 1.52 bits per heavy atom. The number of benzene rings is 2. The van der Waals surface area contributed by atoms with Crippen molar-refractivity contribution < 1.29 is 57.4 Å². The number of nitro benzene ring substituents is 2. The molecule has 20 nitrogen and oxygen atoms in total. The molecule has 4 bridgehead atoms. The van der Waals surface area contributed by atoms with Crippen LogP contribution in [0.5, 0.6) is 11.5 Å². The van der Waals surface area contributed by atoms with Crippen LogP contribution in [0.2, 0.25) is 0 Å². The number of carbonyl (C=O) groups is 6. The van der Waals surface area contributed by atoms with Crippen molar-refractivity contribution in [3.05, 3.63) is 89.1 Å². The van der Waals surface area contributed by atoms with E-state index in [9.17, 15) is 49.0 Å². The molecule has 9 saturated heterocycles. The van der Waals surface area contributed by atoms with Crippen LogP contribution in [-0.4, -0.2) is 120 Å². The van der Waals surface area contributed by atoms with Crippen molar-refractivity contribution in [3.63, 3.8) is 0 Å². The van der Waals surface area contributed by atoms with E-state index in [0.29, 0.717) is 64.9 Å². The van der Waals surface area contributed by atoms with E-state index in [1.54, 1.807) is 66.2 Å². The fourth-order valence-corrected chi connectivity index (χ4v) is 15.7. The zero-order chi connectivity index (χ0) is 58.2. The number of nitrogens with zero attached hydrogens (tertiary/aromatic N) is 4. The molecule has 9 fully saturated rings. The summed E-state index contributed by atoms with van der Waals surface area (Å²) >= 11 is 1.99. The number of piperazine rings is 2. The standard InChI is InChI=1S/C26H27N3O6.C17H22BNO5.C15H17IN2O3/c1-23(2)10-8-15-17(35-23)7-6-14(19(15)29(33)34)16-12-26-18(24(3,4)20(16)30)13-25(21(31)27-26)9-5-11-28(25)22(26)32;1-15(2)10-9-11-13(22-15)8-7-12(14(11)19(20)21)18-23-16(3,4)17(5,6)24-18;1-13(2)9-7-14-4-3-5-18(14)12(21)15(9,17-11(14)20)6-8(16)10(13)19/h6-8,10,12,18H,5,9,11,13H2,1-4H3,(H,27,31);7-10H,1-6H3;6,9H,3-5,7H2,1-2H3,(H,17,20)/t18?,25?,26-;;9?,14?,15-/m1.1/s1. The molecule has 80 heavy (non-hydrogen) atoms. The SMILES string of the molecule is CC1(C)C(=O)C(I)=C[C@]23NC(=O)C4(CCCN4C2=O)CC13.CC1(C)C=Cc2c(ccc(B3OC(C)(C)C(C)(C)O3)c2[N+](=O)[O-])O1.CC1(C)C=Cc2c(ccc(C3=C[C@]45NC(=O)C6(CCCN6C4=O)CC5C(C)(C)C3=O)c2[N+](=O)[O-])O1. The lowest BCUT2D eigenvalue weighted by Crippen LogP contribution is -2.83. The van der Waals surface area contributed by atoms with Gasteiger partial charge in [0.2, 0.25) is 11.8 Å². The maximum atomic E-state index is 13.9. The second-order valence-electron chi connectivity index (χ2n) is 26.5. The maximum Gasteiger partial charge on any atom is 0.501 e. The normalized spacial score (nSPS) is 32.8. The van der Waals surface area contributed by atoms with Gasteiger partial charge >= 0.3 is 7.12 Å². The first-order valence-electron chi connectivity index (χ1n) is 27.3. The number of hydrogen-bond donors (Lipinski definition) is 2. The molecule has 2 aromatic rings. The third-order valence-electron chi connectivity index (χ3n) is 19.5. The van der Waals surface area contributed by atoms with Crippen LogP contribution in [0.1, 0.15) is 138 Å². The van der Waals surface area contributed by atoms with E-state index in [1.165, 1.54) is 12.1 Å². The molecule has 2 aromatic carbocycles. The monoisotopic (exact) mass is 1210 g/mol. The van der Waals surface area contributed by atoms with Crippen LogP contribution in [0.3, 0.4) is 0 Å². The van der Waals surface area contributed by atoms with Gasteiger partial charge in [-0.05, 0) is 171 Å². The largest absolute Gasteiger partial charge is 0.501 e. The molecule has 15 rings (SSSR count). The summed E-state index contributed by atoms with van der Waals surface area (Å²) in [7, 11) is -0.788. The minimum absolute atomic E-state index is 0.0226. The van der Waals surface area contributed by atoms with Crippen LogP contribution < -0.4 is 25.6 Å². The number of nitro groups is 2. The summed E-state index contributed by atoms with van der Waals surface area (Å²) < 4.78 is 24.3. The Balaban J connectivity index is 0.000000132. The number of fused-ring (bicyclic) bond motifs is 4. The van der Waals surface area contributed by atoms with Crippen LogP contribution in [0.25, 0.3) is 17.7 Å². The van der Waals surface area contributed by atoms with Crippen molar-refractivity contribution in [2.75, 3.05) is 13.1 Å². The van der Waals surface area contributed by atoms with Gasteiger partial charge < -0.3 is 39.2 Å². The third-order valence-corrected chi connectivity index (χ3v) is 20.3. The minimum atomic E-state index is -1.41. The van der Waals surface area contributed by atoms with Crippen molar-refractivity contribution in [1.29, 1.82) is 0 Å². The molecule has 13 aliphatic rings. The molecule has 4 unspecified atom stereocenters. The molecule has 6 atom stereocenters. The van der Waals surface area contributed by atoms with Gasteiger partial charge in [-0.25, -0.2) is 0 Å². The second-order valence-corrected chi connectivity index (χ2v) is 27.6. The summed E-state index contributed by atoms with van der Waals surface area (Å²) in [5.41, 5.74) is -6.86. The summed E-state index contributed by atoms with van der Waals surface area (Å²) in [6, 6.07) is 6.55. The predicted molar refractivity (Wildman–Crippen MR) is 302 cm³/mol. The predicted octanol–water partition coefficient (Wildman–Crippen LogP) is 7.26. The number of Topliss-reactive ketones (excluding diaryl/α,β-unsaturated/α-hetero) is 2. The lowest BCUT2D eigenvalue weighted by molar-refractivity contribution is -0.385. The summed E-state index contributed by atoms with van der Waals surface area (Å²) in [6.07, 6.45) is 14.0. The highest BCUT2D eigenvalue weighted by atomic mass is 127. The van der Waals surface area contributed by atoms with Crippen LogP contribution >= 0.6 is 22.6 Å². The number of amides is 4. The molecule has 0 radical (unpaired) electrons. The first kappa shape index (κ1) is 55.6. The van der Waals surface area contributed by atoms with E-state index in [2.05, 4.69) is 10.6 Å². The van der Waals surface area contributed by atoms with E-state index in [0.717, 1.165) is 12.8 Å². The van der Waals surface area contributed by atoms with Gasteiger partial charge in [-0.15, -0.1) is 0 Å². The third kappa shape index (κ3) is 7.64. The van der Waals surface area contributed by atoms with Crippen molar-refractivity contribution in [3.8, 4) is 11.5 Å². The van der Waals surface area contributed by atoms with Crippen molar-refractivity contribution in [1.82, 2.24) is 20.4 Å². The molecule has 2 N–H and O–H groups in total. The molecule has 422 valence electrons. The van der Waals surface area contributed by atoms with Crippen LogP contribution in [0.4, 0.5) is 11.4 Å². The Morgan fingerprint density at radius 2 is 1.05 bits per heavy atom. The molecular formula is C58H66BIN6O14. The number of nitrogens with one attached hydrogen (secondary N) is 2. The molecule has 2 aliphatic carbocycles. The van der Waals surface area contributed by atoms with Crippen molar-refractivity contribution in [2.24, 2.45) is 22.7 Å². The molecular weight excluding hydrogens is 1140 g/mol.